The standard InChI is InChI=1S/12BH3O3.12FH.2Li.2H/c12*2-1(3)4;;;;;;;;;;;;;;;;/h12*2-4H;12*1H;;;;/q;;;;;;;;;;;;;;;;;;;;;;;;2*+1;2*-1. The van der Waals surface area contributed by atoms with E-state index in [1.807, 2.05) is 0 Å². The molecule has 0 heterocycles. The van der Waals surface area contributed by atoms with Crippen LogP contribution in [0, 0.1) is 0 Å². The maximum atomic E-state index is 7.17. The van der Waals surface area contributed by atoms with Crippen molar-refractivity contribution in [3.8, 4) is 0 Å². The molecule has 0 radical (unpaired) electrons. The van der Waals surface area contributed by atoms with Crippen molar-refractivity contribution in [2.75, 3.05) is 0 Å². The van der Waals surface area contributed by atoms with E-state index in [1.54, 1.807) is 0 Å². The Morgan fingerprint density at radius 3 is 0.113 bits per heavy atom. The zero-order valence-corrected chi connectivity index (χ0v) is 29.9. The summed E-state index contributed by atoms with van der Waals surface area (Å²) in [4.78, 5) is 0. The Kier molecular flexibility index (Phi) is 488. The van der Waals surface area contributed by atoms with Crippen molar-refractivity contribution in [3.05, 3.63) is 0 Å². The van der Waals surface area contributed by atoms with E-state index in [2.05, 4.69) is 0 Å². The fraction of sp³-hybridized carbons (Fsp3) is 0. The first-order valence-electron chi connectivity index (χ1n) is 9.30. The van der Waals surface area contributed by atoms with Gasteiger partial charge < -0.3 is 184 Å². The van der Waals surface area contributed by atoms with E-state index in [4.69, 9.17) is 181 Å². The van der Waals surface area contributed by atoms with Crippen LogP contribution < -0.4 is 37.7 Å². The Balaban J connectivity index is -0.00000000831. The molecule has 0 aromatic heterocycles. The van der Waals surface area contributed by atoms with Crippen molar-refractivity contribution in [1.29, 1.82) is 0 Å². The molecule has 62 heavy (non-hydrogen) atoms. The molecule has 0 unspecified atom stereocenters. The van der Waals surface area contributed by atoms with Gasteiger partial charge in [-0.3, -0.25) is 56.5 Å². The van der Waals surface area contributed by atoms with Gasteiger partial charge in [-0.1, -0.05) is 0 Å². The number of hydrogen-bond donors (Lipinski definition) is 36. The average molecular weight is 998 g/mol. The molecule has 0 bridgehead atoms. The molecule has 0 aliphatic carbocycles. The first-order valence-corrected chi connectivity index (χ1v) is 9.30. The fourth-order valence-electron chi connectivity index (χ4n) is 0. The molecular weight excluding hydrogens is 948 g/mol. The van der Waals surface area contributed by atoms with Gasteiger partial charge in [0, 0.05) is 0 Å². The molecule has 0 saturated heterocycles. The minimum Gasteiger partial charge on any atom is -1.00 e. The Morgan fingerprint density at radius 2 is 0.113 bits per heavy atom. The van der Waals surface area contributed by atoms with Crippen molar-refractivity contribution >= 4 is 87.9 Å². The minimum atomic E-state index is -2.17. The van der Waals surface area contributed by atoms with Gasteiger partial charge in [0.2, 0.25) is 0 Å². The molecule has 0 rings (SSSR count). The SMILES string of the molecule is F.F.F.F.F.F.F.F.F.F.F.F.OB(O)O.OB(O)O.OB(O)O.OB(O)O.OB(O)O.OB(O)O.OB(O)O.OB(O)O.OB(O)O.OB(O)O.OB(O)O.OB(O)O.[H-].[H-].[Li+].[Li+]. The molecule has 0 aromatic carbocycles. The zero-order chi connectivity index (χ0) is 42.9. The first kappa shape index (κ1) is 178. The van der Waals surface area contributed by atoms with Gasteiger partial charge in [0.25, 0.3) is 0 Å². The van der Waals surface area contributed by atoms with Gasteiger partial charge >= 0.3 is 126 Å². The minimum absolute atomic E-state index is 0. The molecule has 0 atom stereocenters. The molecule has 62 heteroatoms. The summed E-state index contributed by atoms with van der Waals surface area (Å²) in [6.45, 7) is 0. The van der Waals surface area contributed by atoms with E-state index in [0.717, 1.165) is 0 Å². The van der Waals surface area contributed by atoms with E-state index in [9.17, 15) is 0 Å². The molecular formula is H50B12F12Li2O36. The van der Waals surface area contributed by atoms with Crippen LogP contribution in [-0.2, 0) is 0 Å². The average Bonchev–Trinajstić information content (AvgIpc) is 2.61. The zero-order valence-electron chi connectivity index (χ0n) is 31.9. The third-order valence-electron chi connectivity index (χ3n) is 0. The first-order chi connectivity index (χ1) is 20.8. The molecule has 36 nitrogen and oxygen atoms in total. The summed E-state index contributed by atoms with van der Waals surface area (Å²) in [6, 6.07) is 0. The van der Waals surface area contributed by atoms with Gasteiger partial charge in [-0.15, -0.1) is 0 Å². The summed E-state index contributed by atoms with van der Waals surface area (Å²) in [7, 11) is -26.0. The van der Waals surface area contributed by atoms with Gasteiger partial charge in [0.1, 0.15) is 0 Å². The fourth-order valence-corrected chi connectivity index (χ4v) is 0. The van der Waals surface area contributed by atoms with E-state index in [0.29, 0.717) is 0 Å². The molecule has 0 aliphatic rings. The van der Waals surface area contributed by atoms with Gasteiger partial charge in [-0.25, -0.2) is 0 Å². The molecule has 0 amide bonds. The molecule has 388 valence electrons. The maximum absolute atomic E-state index is 7.17. The van der Waals surface area contributed by atoms with E-state index in [1.165, 1.54) is 0 Å². The van der Waals surface area contributed by atoms with Crippen LogP contribution in [0.15, 0.2) is 0 Å². The topological polar surface area (TPSA) is 728 Å². The third-order valence-corrected chi connectivity index (χ3v) is 0. The summed E-state index contributed by atoms with van der Waals surface area (Å²) >= 11 is 0. The maximum Gasteiger partial charge on any atom is 1.00 e. The molecule has 0 saturated carbocycles. The predicted octanol–water partition coefficient (Wildman–Crippen LogP) is -28.6. The number of halogens is 12. The summed E-state index contributed by atoms with van der Waals surface area (Å²) in [6.07, 6.45) is 0. The molecule has 0 aliphatic heterocycles. The summed E-state index contributed by atoms with van der Waals surface area (Å²) < 4.78 is 0. The second-order valence-electron chi connectivity index (χ2n) is 4.16. The van der Waals surface area contributed by atoms with Crippen LogP contribution in [0.25, 0.3) is 0 Å². The van der Waals surface area contributed by atoms with Crippen molar-refractivity contribution in [3.63, 3.8) is 0 Å². The van der Waals surface area contributed by atoms with Gasteiger partial charge in [0.05, 0.1) is 0 Å². The Bertz CT molecular complexity index is 294. The quantitative estimate of drug-likeness (QED) is 0.0791. The van der Waals surface area contributed by atoms with E-state index < -0.39 is 87.9 Å². The second-order valence-corrected chi connectivity index (χ2v) is 4.16. The number of hydrogen-bond acceptors (Lipinski definition) is 36. The van der Waals surface area contributed by atoms with Crippen LogP contribution in [0.2, 0.25) is 0 Å². The van der Waals surface area contributed by atoms with Crippen molar-refractivity contribution in [2.45, 2.75) is 0 Å². The van der Waals surface area contributed by atoms with Crippen molar-refractivity contribution in [2.24, 2.45) is 0 Å². The van der Waals surface area contributed by atoms with Crippen LogP contribution in [0.3, 0.4) is 0 Å². The van der Waals surface area contributed by atoms with E-state index in [-0.39, 0.29) is 97.0 Å². The second kappa shape index (κ2) is 170. The molecule has 0 spiro atoms. The summed E-state index contributed by atoms with van der Waals surface area (Å²) in [5, 5.41) is 258. The summed E-state index contributed by atoms with van der Waals surface area (Å²) in [5.41, 5.74) is 0. The van der Waals surface area contributed by atoms with Crippen molar-refractivity contribution in [1.82, 2.24) is 0 Å². The van der Waals surface area contributed by atoms with E-state index >= 15 is 0 Å². The summed E-state index contributed by atoms with van der Waals surface area (Å²) in [5.74, 6) is 0. The Labute approximate surface area is 365 Å². The largest absolute Gasteiger partial charge is 1.00 e. The van der Waals surface area contributed by atoms with Crippen LogP contribution in [0.1, 0.15) is 2.85 Å². The number of rotatable bonds is 0. The van der Waals surface area contributed by atoms with Crippen LogP contribution in [-0.4, -0.2) is 269 Å². The van der Waals surface area contributed by atoms with Gasteiger partial charge in [-0.2, -0.15) is 0 Å². The van der Waals surface area contributed by atoms with Crippen molar-refractivity contribution < 1.29 is 278 Å². The predicted molar refractivity (Wildman–Crippen MR) is 181 cm³/mol. The van der Waals surface area contributed by atoms with Crippen LogP contribution in [0.5, 0.6) is 0 Å². The molecule has 36 N–H and O–H groups in total. The monoisotopic (exact) mass is 1000 g/mol. The molecule has 0 fully saturated rings. The third kappa shape index (κ3) is 2200000. The normalized spacial score (nSPS) is 5.23. The van der Waals surface area contributed by atoms with Crippen LogP contribution in [0.4, 0.5) is 56.5 Å². The Hall–Kier alpha value is -0.306. The molecule has 0 aromatic rings. The van der Waals surface area contributed by atoms with Gasteiger partial charge in [0.15, 0.2) is 0 Å². The van der Waals surface area contributed by atoms with Gasteiger partial charge in [-0.05, 0) is 0 Å². The smallest absolute Gasteiger partial charge is 1.00 e. The van der Waals surface area contributed by atoms with Crippen LogP contribution >= 0.6 is 0 Å². The Morgan fingerprint density at radius 1 is 0.113 bits per heavy atom.